The minimum absolute atomic E-state index is 0.263. The molecule has 1 amide bonds. The zero-order valence-corrected chi connectivity index (χ0v) is 7.48. The van der Waals surface area contributed by atoms with Gasteiger partial charge < -0.3 is 4.90 Å². The van der Waals surface area contributed by atoms with Gasteiger partial charge in [-0.3, -0.25) is 4.79 Å². The predicted octanol–water partition coefficient (Wildman–Crippen LogP) is 1.53. The van der Waals surface area contributed by atoms with Crippen LogP contribution in [0.1, 0.15) is 6.42 Å². The Balaban J connectivity index is 2.21. The normalized spacial score (nSPS) is 31.7. The van der Waals surface area contributed by atoms with Crippen LogP contribution in [0.4, 0.5) is 0 Å². The Morgan fingerprint density at radius 2 is 2.67 bits per heavy atom. The number of β-lactam (4-membered cyclic amide) rings is 1. The fraction of sp³-hybridized carbons (Fsp3) is 0.400. The van der Waals surface area contributed by atoms with Crippen LogP contribution in [0.5, 0.6) is 0 Å². The summed E-state index contributed by atoms with van der Waals surface area (Å²) in [5.41, 5.74) is 0. The van der Waals surface area contributed by atoms with Gasteiger partial charge in [0.05, 0.1) is 14.7 Å². The van der Waals surface area contributed by atoms with E-state index in [9.17, 15) is 4.79 Å². The molecule has 0 saturated carbocycles. The topological polar surface area (TPSA) is 20.3 Å². The fourth-order valence-electron chi connectivity index (χ4n) is 0.925. The van der Waals surface area contributed by atoms with Gasteiger partial charge in [0.25, 0.3) is 0 Å². The summed E-state index contributed by atoms with van der Waals surface area (Å²) in [6, 6.07) is 0. The van der Waals surface area contributed by atoms with Crippen LogP contribution in [0.2, 0.25) is 0 Å². The molecule has 0 bridgehead atoms. The van der Waals surface area contributed by atoms with E-state index >= 15 is 0 Å². The summed E-state index contributed by atoms with van der Waals surface area (Å²) in [5, 5.41) is 0.449. The third kappa shape index (κ3) is 0.797. The number of hydrogen-bond acceptors (Lipinski definition) is 2. The second kappa shape index (κ2) is 1.88. The van der Waals surface area contributed by atoms with Crippen molar-refractivity contribution in [3.05, 3.63) is 9.11 Å². The molecule has 48 valence electrons. The van der Waals surface area contributed by atoms with E-state index in [2.05, 4.69) is 22.6 Å². The lowest BCUT2D eigenvalue weighted by atomic mass is 10.2. The van der Waals surface area contributed by atoms with Crippen LogP contribution in [0.3, 0.4) is 0 Å². The molecule has 0 aliphatic carbocycles. The molecule has 2 aliphatic heterocycles. The molecule has 1 fully saturated rings. The van der Waals surface area contributed by atoms with E-state index in [0.717, 1.165) is 6.42 Å². The summed E-state index contributed by atoms with van der Waals surface area (Å²) in [7, 11) is 0. The van der Waals surface area contributed by atoms with Crippen molar-refractivity contribution in [2.45, 2.75) is 11.8 Å². The van der Waals surface area contributed by atoms with E-state index in [0.29, 0.717) is 5.37 Å². The molecule has 2 rings (SSSR count). The van der Waals surface area contributed by atoms with E-state index in [-0.39, 0.29) is 5.91 Å². The Kier molecular flexibility index (Phi) is 1.26. The van der Waals surface area contributed by atoms with E-state index in [4.69, 9.17) is 0 Å². The van der Waals surface area contributed by atoms with Gasteiger partial charge in [-0.05, 0) is 22.6 Å². The van der Waals surface area contributed by atoms with Crippen molar-refractivity contribution in [1.82, 2.24) is 4.90 Å². The minimum atomic E-state index is 0.263. The standard InChI is InChI=1S/C5H4INOS/c6-3-2-7-4(8)1-5(7)9-3/h2,5H,1H2/t5-/m1/s1. The highest BCUT2D eigenvalue weighted by Gasteiger charge is 2.39. The Labute approximate surface area is 70.8 Å². The Morgan fingerprint density at radius 1 is 1.89 bits per heavy atom. The van der Waals surface area contributed by atoms with Crippen molar-refractivity contribution in [2.24, 2.45) is 0 Å². The van der Waals surface area contributed by atoms with Crippen LogP contribution in [0.25, 0.3) is 0 Å². The largest absolute Gasteiger partial charge is 0.304 e. The summed E-state index contributed by atoms with van der Waals surface area (Å²) in [6.45, 7) is 0. The Bertz CT molecular complexity index is 203. The first kappa shape index (κ1) is 6.03. The van der Waals surface area contributed by atoms with E-state index in [1.54, 1.807) is 16.7 Å². The summed E-state index contributed by atoms with van der Waals surface area (Å²) in [6.07, 6.45) is 2.65. The third-order valence-electron chi connectivity index (χ3n) is 1.44. The average Bonchev–Trinajstić information content (AvgIpc) is 2.08. The molecule has 0 aromatic carbocycles. The van der Waals surface area contributed by atoms with Crippen LogP contribution >= 0.6 is 34.4 Å². The lowest BCUT2D eigenvalue weighted by Crippen LogP contribution is -2.44. The molecule has 0 spiro atoms. The minimum Gasteiger partial charge on any atom is -0.304 e. The number of halogens is 1. The van der Waals surface area contributed by atoms with Crippen molar-refractivity contribution >= 4 is 40.3 Å². The van der Waals surface area contributed by atoms with Crippen LogP contribution in [-0.4, -0.2) is 16.2 Å². The monoisotopic (exact) mass is 253 g/mol. The predicted molar refractivity (Wildman–Crippen MR) is 44.9 cm³/mol. The molecule has 9 heavy (non-hydrogen) atoms. The first-order valence-corrected chi connectivity index (χ1v) is 4.58. The number of rotatable bonds is 0. The molecule has 1 saturated heterocycles. The third-order valence-corrected chi connectivity index (χ3v) is 3.47. The number of thioether (sulfide) groups is 1. The molecule has 0 aromatic rings. The van der Waals surface area contributed by atoms with Crippen LogP contribution in [0.15, 0.2) is 9.11 Å². The molecule has 2 aliphatic rings. The SMILES string of the molecule is O=C1C[C@H]2SC(I)=CN12. The highest BCUT2D eigenvalue weighted by molar-refractivity contribution is 14.1. The lowest BCUT2D eigenvalue weighted by molar-refractivity contribution is -0.137. The molecule has 4 heteroatoms. The van der Waals surface area contributed by atoms with Crippen molar-refractivity contribution in [3.8, 4) is 0 Å². The smallest absolute Gasteiger partial charge is 0.230 e. The van der Waals surface area contributed by atoms with Gasteiger partial charge in [0, 0.05) is 6.20 Å². The summed E-state index contributed by atoms with van der Waals surface area (Å²) >= 11 is 4.01. The molecule has 2 nitrogen and oxygen atoms in total. The fourth-order valence-corrected chi connectivity index (χ4v) is 3.06. The molecule has 1 atom stereocenters. The molecular formula is C5H4INOS. The summed E-state index contributed by atoms with van der Waals surface area (Å²) < 4.78 is 1.23. The number of carbonyl (C=O) groups is 1. The molecule has 0 N–H and O–H groups in total. The van der Waals surface area contributed by atoms with Gasteiger partial charge in [-0.15, -0.1) is 0 Å². The lowest BCUT2D eigenvalue weighted by Gasteiger charge is -2.31. The van der Waals surface area contributed by atoms with Gasteiger partial charge in [0.15, 0.2) is 0 Å². The van der Waals surface area contributed by atoms with Gasteiger partial charge >= 0.3 is 0 Å². The maximum atomic E-state index is 10.7. The Hall–Kier alpha value is 0.290. The second-order valence-corrected chi connectivity index (χ2v) is 5.12. The molecule has 0 aromatic heterocycles. The molecule has 0 radical (unpaired) electrons. The van der Waals surface area contributed by atoms with E-state index < -0.39 is 0 Å². The zero-order valence-electron chi connectivity index (χ0n) is 4.50. The summed E-state index contributed by atoms with van der Waals surface area (Å²) in [5.74, 6) is 0.263. The van der Waals surface area contributed by atoms with Crippen LogP contribution in [-0.2, 0) is 4.79 Å². The number of fused-ring (bicyclic) bond motifs is 1. The number of amides is 1. The van der Waals surface area contributed by atoms with Crippen LogP contribution in [0, 0.1) is 0 Å². The number of nitrogens with zero attached hydrogens (tertiary/aromatic N) is 1. The van der Waals surface area contributed by atoms with Crippen LogP contribution < -0.4 is 0 Å². The maximum absolute atomic E-state index is 10.7. The average molecular weight is 253 g/mol. The molecule has 2 heterocycles. The van der Waals surface area contributed by atoms with Crippen molar-refractivity contribution in [1.29, 1.82) is 0 Å². The van der Waals surface area contributed by atoms with Gasteiger partial charge in [0.1, 0.15) is 0 Å². The van der Waals surface area contributed by atoms with Gasteiger partial charge in [-0.2, -0.15) is 0 Å². The first-order chi connectivity index (χ1) is 4.27. The quantitative estimate of drug-likeness (QED) is 0.482. The number of hydrogen-bond donors (Lipinski definition) is 0. The van der Waals surface area contributed by atoms with Gasteiger partial charge in [0.2, 0.25) is 5.91 Å². The van der Waals surface area contributed by atoms with E-state index in [1.807, 2.05) is 6.20 Å². The van der Waals surface area contributed by atoms with E-state index in [1.165, 1.54) is 2.91 Å². The maximum Gasteiger partial charge on any atom is 0.230 e. The highest BCUT2D eigenvalue weighted by atomic mass is 127. The van der Waals surface area contributed by atoms with Crippen molar-refractivity contribution < 1.29 is 4.79 Å². The van der Waals surface area contributed by atoms with Crippen molar-refractivity contribution in [2.75, 3.05) is 0 Å². The van der Waals surface area contributed by atoms with Gasteiger partial charge in [-0.25, -0.2) is 0 Å². The molecule has 0 unspecified atom stereocenters. The zero-order chi connectivity index (χ0) is 6.43. The highest BCUT2D eigenvalue weighted by Crippen LogP contribution is 2.43. The number of carbonyl (C=O) groups excluding carboxylic acids is 1. The second-order valence-electron chi connectivity index (χ2n) is 2.01. The Morgan fingerprint density at radius 3 is 3.11 bits per heavy atom. The van der Waals surface area contributed by atoms with Gasteiger partial charge in [-0.1, -0.05) is 11.8 Å². The molecular weight excluding hydrogens is 249 g/mol. The van der Waals surface area contributed by atoms with Crippen molar-refractivity contribution in [3.63, 3.8) is 0 Å². The first-order valence-electron chi connectivity index (χ1n) is 2.62. The summed E-state index contributed by atoms with van der Waals surface area (Å²) in [4.78, 5) is 12.5.